The van der Waals surface area contributed by atoms with Crippen LogP contribution in [0.5, 0.6) is 0 Å². The fourth-order valence-corrected chi connectivity index (χ4v) is 6.17. The Kier molecular flexibility index (Phi) is 7.26. The first-order valence-corrected chi connectivity index (χ1v) is 11.7. The minimum atomic E-state index is -0.886. The number of hydrazone groups is 1. The molecule has 30 heavy (non-hydrogen) atoms. The van der Waals surface area contributed by atoms with E-state index in [2.05, 4.69) is 12.0 Å². The fourth-order valence-electron chi connectivity index (χ4n) is 3.15. The zero-order valence-electron chi connectivity index (χ0n) is 17.3. The number of anilines is 1. The summed E-state index contributed by atoms with van der Waals surface area (Å²) in [5, 5.41) is 7.15. The number of carbonyl (C=O) groups excluding carboxylic acids is 2. The lowest BCUT2D eigenvalue weighted by Gasteiger charge is -2.39. The number of rotatable bonds is 7. The number of thioether (sulfide) groups is 2. The largest absolute Gasteiger partial charge is 0.462 e. The number of ether oxygens (including phenoxy) is 2. The molecule has 3 rings (SSSR count). The third-order valence-electron chi connectivity index (χ3n) is 4.48. The van der Waals surface area contributed by atoms with E-state index < -0.39 is 10.3 Å². The topological polar surface area (TPSA) is 71.4 Å². The highest BCUT2D eigenvalue weighted by Crippen LogP contribution is 2.59. The number of hydrogen-bond acceptors (Lipinski definition) is 9. The summed E-state index contributed by atoms with van der Waals surface area (Å²) in [4.78, 5) is 27.8. The molecule has 1 aromatic rings. The smallest absolute Gasteiger partial charge is 0.365 e. The minimum absolute atomic E-state index is 0.229. The quantitative estimate of drug-likeness (QED) is 0.535. The number of allylic oxidation sites excluding steroid dienone is 1. The maximum absolute atomic E-state index is 12.7. The number of benzene rings is 1. The van der Waals surface area contributed by atoms with E-state index in [4.69, 9.17) is 21.1 Å². The normalized spacial score (nSPS) is 20.8. The lowest BCUT2D eigenvalue weighted by molar-refractivity contribution is -0.137. The first-order chi connectivity index (χ1) is 14.4. The molecule has 0 saturated heterocycles. The van der Waals surface area contributed by atoms with E-state index in [0.717, 1.165) is 17.8 Å². The van der Waals surface area contributed by atoms with Gasteiger partial charge in [-0.05, 0) is 56.3 Å². The molecule has 0 aliphatic carbocycles. The SMILES string of the molecule is CCCC1=C(C(=O)OCC)SC2(SC(C(=O)OCC)=NN2c2ccc(Cl)cc2)N1C. The average Bonchev–Trinajstić information content (AvgIpc) is 3.24. The van der Waals surface area contributed by atoms with Gasteiger partial charge in [0.25, 0.3) is 0 Å². The van der Waals surface area contributed by atoms with Crippen LogP contribution in [0.2, 0.25) is 5.02 Å². The molecule has 0 amide bonds. The van der Waals surface area contributed by atoms with E-state index in [0.29, 0.717) is 16.3 Å². The minimum Gasteiger partial charge on any atom is -0.462 e. The van der Waals surface area contributed by atoms with Crippen molar-refractivity contribution in [2.45, 2.75) is 37.9 Å². The van der Waals surface area contributed by atoms with Crippen LogP contribution >= 0.6 is 35.1 Å². The highest BCUT2D eigenvalue weighted by atomic mass is 35.5. The van der Waals surface area contributed by atoms with Gasteiger partial charge in [0.2, 0.25) is 9.37 Å². The lowest BCUT2D eigenvalue weighted by Crippen LogP contribution is -2.47. The van der Waals surface area contributed by atoms with Gasteiger partial charge in [0.05, 0.1) is 18.9 Å². The van der Waals surface area contributed by atoms with Crippen LogP contribution < -0.4 is 5.01 Å². The number of esters is 2. The number of nitrogens with zero attached hydrogens (tertiary/aromatic N) is 3. The van der Waals surface area contributed by atoms with Crippen molar-refractivity contribution in [2.24, 2.45) is 5.10 Å². The average molecular weight is 470 g/mol. The number of halogens is 1. The van der Waals surface area contributed by atoms with Gasteiger partial charge < -0.3 is 14.4 Å². The van der Waals surface area contributed by atoms with Crippen molar-refractivity contribution in [3.8, 4) is 0 Å². The van der Waals surface area contributed by atoms with Gasteiger partial charge in [-0.25, -0.2) is 14.6 Å². The van der Waals surface area contributed by atoms with Crippen LogP contribution in [0.15, 0.2) is 40.0 Å². The molecule has 0 N–H and O–H groups in total. The van der Waals surface area contributed by atoms with Crippen LogP contribution in [0, 0.1) is 0 Å². The molecule has 1 unspecified atom stereocenters. The summed E-state index contributed by atoms with van der Waals surface area (Å²) in [6, 6.07) is 7.19. The second-order valence-electron chi connectivity index (χ2n) is 6.47. The highest BCUT2D eigenvalue weighted by Gasteiger charge is 2.57. The van der Waals surface area contributed by atoms with Crippen molar-refractivity contribution in [3.63, 3.8) is 0 Å². The Morgan fingerprint density at radius 3 is 2.30 bits per heavy atom. The van der Waals surface area contributed by atoms with Gasteiger partial charge in [-0.2, -0.15) is 5.10 Å². The zero-order chi connectivity index (χ0) is 21.9. The van der Waals surface area contributed by atoms with Gasteiger partial charge in [-0.3, -0.25) is 0 Å². The third-order valence-corrected chi connectivity index (χ3v) is 7.71. The summed E-state index contributed by atoms with van der Waals surface area (Å²) in [6.07, 6.45) is 1.56. The van der Waals surface area contributed by atoms with Gasteiger partial charge in [0.15, 0.2) is 0 Å². The number of carbonyl (C=O) groups is 2. The molecule has 1 aromatic carbocycles. The maximum atomic E-state index is 12.7. The molecule has 0 saturated carbocycles. The van der Waals surface area contributed by atoms with E-state index in [-0.39, 0.29) is 24.2 Å². The zero-order valence-corrected chi connectivity index (χ0v) is 19.7. The van der Waals surface area contributed by atoms with Crippen LogP contribution in [-0.2, 0) is 19.1 Å². The Morgan fingerprint density at radius 2 is 1.70 bits per heavy atom. The Bertz CT molecular complexity index is 891. The molecule has 7 nitrogen and oxygen atoms in total. The molecule has 0 aromatic heterocycles. The Balaban J connectivity index is 2.05. The summed E-state index contributed by atoms with van der Waals surface area (Å²) in [6.45, 7) is 6.13. The summed E-state index contributed by atoms with van der Waals surface area (Å²) in [5.41, 5.74) is 1.61. The van der Waals surface area contributed by atoms with Crippen LogP contribution in [-0.4, -0.2) is 46.5 Å². The standard InChI is InChI=1S/C20H24ClN3O4S2/c1-5-8-15-16(18(25)27-6-2)29-20(23(15)4)24(14-11-9-13(21)10-12-14)22-17(30-20)19(26)28-7-3/h9-12H,5-8H2,1-4H3. The monoisotopic (exact) mass is 469 g/mol. The molecular formula is C20H24ClN3O4S2. The molecule has 2 heterocycles. The molecule has 0 bridgehead atoms. The van der Waals surface area contributed by atoms with E-state index >= 15 is 0 Å². The third kappa shape index (κ3) is 4.15. The second-order valence-corrected chi connectivity index (χ2v) is 9.51. The van der Waals surface area contributed by atoms with Crippen molar-refractivity contribution >= 4 is 57.8 Å². The molecule has 0 radical (unpaired) electrons. The molecule has 10 heteroatoms. The van der Waals surface area contributed by atoms with Crippen LogP contribution in [0.25, 0.3) is 0 Å². The summed E-state index contributed by atoms with van der Waals surface area (Å²) >= 11 is 8.66. The highest BCUT2D eigenvalue weighted by molar-refractivity contribution is 8.28. The van der Waals surface area contributed by atoms with E-state index in [1.807, 2.05) is 24.1 Å². The molecule has 0 fully saturated rings. The van der Waals surface area contributed by atoms with E-state index in [1.54, 1.807) is 31.0 Å². The van der Waals surface area contributed by atoms with Crippen molar-refractivity contribution < 1.29 is 19.1 Å². The predicted octanol–water partition coefficient (Wildman–Crippen LogP) is 4.63. The van der Waals surface area contributed by atoms with Crippen LogP contribution in [0.1, 0.15) is 33.6 Å². The number of hydrogen-bond donors (Lipinski definition) is 0. The van der Waals surface area contributed by atoms with Gasteiger partial charge in [-0.15, -0.1) is 0 Å². The molecule has 2 aliphatic rings. The molecule has 2 aliphatic heterocycles. The molecule has 162 valence electrons. The van der Waals surface area contributed by atoms with E-state index in [1.165, 1.54) is 23.5 Å². The van der Waals surface area contributed by atoms with Gasteiger partial charge in [0, 0.05) is 17.8 Å². The summed E-state index contributed by atoms with van der Waals surface area (Å²) in [7, 11) is 1.91. The fraction of sp³-hybridized carbons (Fsp3) is 0.450. The summed E-state index contributed by atoms with van der Waals surface area (Å²) in [5.74, 6) is -0.857. The van der Waals surface area contributed by atoms with E-state index in [9.17, 15) is 9.59 Å². The molecule has 1 atom stereocenters. The van der Waals surface area contributed by atoms with Crippen LogP contribution in [0.4, 0.5) is 5.69 Å². The summed E-state index contributed by atoms with van der Waals surface area (Å²) < 4.78 is 9.60. The molecular weight excluding hydrogens is 446 g/mol. The Labute approximate surface area is 189 Å². The first kappa shape index (κ1) is 22.8. The second kappa shape index (κ2) is 9.53. The van der Waals surface area contributed by atoms with Gasteiger partial charge >= 0.3 is 11.9 Å². The predicted molar refractivity (Wildman–Crippen MR) is 122 cm³/mol. The lowest BCUT2D eigenvalue weighted by atomic mass is 10.2. The van der Waals surface area contributed by atoms with Crippen molar-refractivity contribution in [1.29, 1.82) is 0 Å². The van der Waals surface area contributed by atoms with Crippen LogP contribution in [0.3, 0.4) is 0 Å². The van der Waals surface area contributed by atoms with Crippen molar-refractivity contribution in [3.05, 3.63) is 39.9 Å². The maximum Gasteiger partial charge on any atom is 0.365 e. The van der Waals surface area contributed by atoms with Crippen molar-refractivity contribution in [1.82, 2.24) is 4.90 Å². The van der Waals surface area contributed by atoms with Gasteiger partial charge in [-0.1, -0.05) is 36.7 Å². The Morgan fingerprint density at radius 1 is 1.07 bits per heavy atom. The first-order valence-electron chi connectivity index (χ1n) is 9.71. The van der Waals surface area contributed by atoms with Crippen molar-refractivity contribution in [2.75, 3.05) is 25.3 Å². The Hall–Kier alpha value is -1.84. The molecule has 1 spiro atoms. The van der Waals surface area contributed by atoms with Gasteiger partial charge in [0.1, 0.15) is 4.91 Å².